The van der Waals surface area contributed by atoms with Crippen molar-refractivity contribution in [3.05, 3.63) is 69.7 Å². The average molecular weight is 413 g/mol. The molecular formula is C23H25ClN2O3. The lowest BCUT2D eigenvalue weighted by atomic mass is 9.91. The van der Waals surface area contributed by atoms with E-state index in [1.165, 1.54) is 11.1 Å². The number of likely N-dealkylation sites (tertiary alicyclic amines) is 1. The fourth-order valence-corrected chi connectivity index (χ4v) is 4.59. The van der Waals surface area contributed by atoms with E-state index < -0.39 is 5.60 Å². The largest absolute Gasteiger partial charge is 0.441 e. The van der Waals surface area contributed by atoms with Crippen molar-refractivity contribution in [2.45, 2.75) is 38.8 Å². The van der Waals surface area contributed by atoms with Crippen LogP contribution in [0.5, 0.6) is 0 Å². The molecule has 0 saturated carbocycles. The van der Waals surface area contributed by atoms with Crippen LogP contribution in [0.1, 0.15) is 39.9 Å². The predicted octanol–water partition coefficient (Wildman–Crippen LogP) is 4.58. The highest BCUT2D eigenvalue weighted by Crippen LogP contribution is 2.35. The molecule has 2 heterocycles. The van der Waals surface area contributed by atoms with Crippen molar-refractivity contribution in [3.63, 3.8) is 0 Å². The minimum Gasteiger partial charge on any atom is -0.441 e. The minimum atomic E-state index is -0.507. The Morgan fingerprint density at radius 2 is 1.76 bits per heavy atom. The normalized spacial score (nSPS) is 18.2. The Balaban J connectivity index is 1.40. The van der Waals surface area contributed by atoms with E-state index in [-0.39, 0.29) is 12.0 Å². The summed E-state index contributed by atoms with van der Waals surface area (Å²) in [7, 11) is 0. The summed E-state index contributed by atoms with van der Waals surface area (Å²) in [6, 6.07) is 13.4. The molecule has 5 nitrogen and oxygen atoms in total. The van der Waals surface area contributed by atoms with Crippen LogP contribution in [0.25, 0.3) is 0 Å². The van der Waals surface area contributed by atoms with Crippen LogP contribution in [-0.4, -0.2) is 47.0 Å². The Morgan fingerprint density at radius 3 is 2.41 bits per heavy atom. The number of rotatable bonds is 3. The van der Waals surface area contributed by atoms with Gasteiger partial charge in [0.2, 0.25) is 0 Å². The van der Waals surface area contributed by atoms with Gasteiger partial charge in [-0.15, -0.1) is 0 Å². The number of carbonyl (C=O) groups excluding carboxylic acids is 2. The van der Waals surface area contributed by atoms with E-state index in [9.17, 15) is 9.59 Å². The Morgan fingerprint density at radius 1 is 1.10 bits per heavy atom. The number of halogens is 1. The van der Waals surface area contributed by atoms with Crippen LogP contribution in [0, 0.1) is 13.8 Å². The highest BCUT2D eigenvalue weighted by Gasteiger charge is 2.47. The number of carbonyl (C=O) groups is 2. The molecule has 152 valence electrons. The van der Waals surface area contributed by atoms with E-state index >= 15 is 0 Å². The van der Waals surface area contributed by atoms with Crippen molar-refractivity contribution >= 4 is 23.6 Å². The third kappa shape index (κ3) is 4.10. The Labute approximate surface area is 176 Å². The molecule has 0 bridgehead atoms. The zero-order valence-corrected chi connectivity index (χ0v) is 17.5. The summed E-state index contributed by atoms with van der Waals surface area (Å²) in [5, 5.41) is 0.463. The van der Waals surface area contributed by atoms with Crippen LogP contribution in [0.15, 0.2) is 42.5 Å². The zero-order chi connectivity index (χ0) is 20.6. The number of piperidine rings is 1. The molecule has 4 rings (SSSR count). The third-order valence-electron chi connectivity index (χ3n) is 5.76. The summed E-state index contributed by atoms with van der Waals surface area (Å²) in [5.74, 6) is -0.0677. The van der Waals surface area contributed by atoms with Crippen molar-refractivity contribution in [3.8, 4) is 0 Å². The predicted molar refractivity (Wildman–Crippen MR) is 112 cm³/mol. The minimum absolute atomic E-state index is 0.0677. The molecule has 2 amide bonds. The van der Waals surface area contributed by atoms with Crippen LogP contribution in [0.4, 0.5) is 4.79 Å². The molecule has 2 aromatic rings. The van der Waals surface area contributed by atoms with Crippen molar-refractivity contribution in [1.29, 1.82) is 0 Å². The van der Waals surface area contributed by atoms with Gasteiger partial charge in [0.1, 0.15) is 5.60 Å². The van der Waals surface area contributed by atoms with Gasteiger partial charge in [0.25, 0.3) is 5.91 Å². The molecule has 0 atom stereocenters. The van der Waals surface area contributed by atoms with Crippen molar-refractivity contribution in [1.82, 2.24) is 9.80 Å². The smallest absolute Gasteiger partial charge is 0.410 e. The highest BCUT2D eigenvalue weighted by atomic mass is 35.5. The molecule has 6 heteroatoms. The fraction of sp³-hybridized carbons (Fsp3) is 0.391. The molecular weight excluding hydrogens is 388 g/mol. The monoisotopic (exact) mass is 412 g/mol. The van der Waals surface area contributed by atoms with Crippen molar-refractivity contribution < 1.29 is 14.3 Å². The second-order valence-corrected chi connectivity index (χ2v) is 8.58. The lowest BCUT2D eigenvalue weighted by molar-refractivity contribution is 0.00314. The van der Waals surface area contributed by atoms with E-state index in [0.717, 1.165) is 5.56 Å². The number of nitrogens with zero attached hydrogens (tertiary/aromatic N) is 2. The molecule has 29 heavy (non-hydrogen) atoms. The summed E-state index contributed by atoms with van der Waals surface area (Å²) >= 11 is 6.17. The number of hydrogen-bond donors (Lipinski definition) is 0. The van der Waals surface area contributed by atoms with Gasteiger partial charge in [-0.3, -0.25) is 9.69 Å². The third-order valence-corrected chi connectivity index (χ3v) is 6.09. The molecule has 0 N–H and O–H groups in total. The van der Waals surface area contributed by atoms with E-state index in [0.29, 0.717) is 49.6 Å². The molecule has 2 fully saturated rings. The molecule has 0 aliphatic carbocycles. The number of aryl methyl sites for hydroxylation is 2. The molecule has 0 radical (unpaired) electrons. The van der Waals surface area contributed by atoms with Gasteiger partial charge in [0.15, 0.2) is 0 Å². The Kier molecular flexibility index (Phi) is 5.26. The first-order valence-electron chi connectivity index (χ1n) is 9.94. The maximum atomic E-state index is 12.8. The standard InChI is InChI=1S/C23H25ClN2O3/c1-16-11-17(2)13-18(12-16)14-26-15-23(29-22(26)28)7-9-25(10-8-23)21(27)19-5-3-4-6-20(19)24/h3-6,11-13H,7-10,14-15H2,1-2H3. The average Bonchev–Trinajstić information content (AvgIpc) is 2.96. The lowest BCUT2D eigenvalue weighted by Gasteiger charge is -2.37. The van der Waals surface area contributed by atoms with E-state index in [1.54, 1.807) is 21.9 Å². The maximum absolute atomic E-state index is 12.8. The van der Waals surface area contributed by atoms with Gasteiger partial charge < -0.3 is 9.64 Å². The first-order chi connectivity index (χ1) is 13.8. The molecule has 2 aliphatic rings. The summed E-state index contributed by atoms with van der Waals surface area (Å²) in [6.45, 7) is 6.33. The van der Waals surface area contributed by atoms with Crippen LogP contribution in [0.3, 0.4) is 0 Å². The van der Waals surface area contributed by atoms with Gasteiger partial charge in [0, 0.05) is 32.5 Å². The molecule has 2 aromatic carbocycles. The van der Waals surface area contributed by atoms with Crippen molar-refractivity contribution in [2.75, 3.05) is 19.6 Å². The topological polar surface area (TPSA) is 49.9 Å². The summed E-state index contributed by atoms with van der Waals surface area (Å²) in [6.07, 6.45) is 1.01. The van der Waals surface area contributed by atoms with Gasteiger partial charge in [-0.1, -0.05) is 53.1 Å². The highest BCUT2D eigenvalue weighted by molar-refractivity contribution is 6.33. The van der Waals surface area contributed by atoms with E-state index in [2.05, 4.69) is 32.0 Å². The second kappa shape index (κ2) is 7.71. The van der Waals surface area contributed by atoms with Gasteiger partial charge in [-0.25, -0.2) is 4.79 Å². The summed E-state index contributed by atoms with van der Waals surface area (Å²) in [5.41, 5.74) is 3.50. The molecule has 1 spiro atoms. The molecule has 2 saturated heterocycles. The molecule has 0 aromatic heterocycles. The Hall–Kier alpha value is -2.53. The quantitative estimate of drug-likeness (QED) is 0.741. The van der Waals surface area contributed by atoms with Crippen LogP contribution in [0.2, 0.25) is 5.02 Å². The summed E-state index contributed by atoms with van der Waals surface area (Å²) < 4.78 is 5.82. The first-order valence-corrected chi connectivity index (χ1v) is 10.3. The lowest BCUT2D eigenvalue weighted by Crippen LogP contribution is -2.48. The van der Waals surface area contributed by atoms with Crippen LogP contribution < -0.4 is 0 Å². The maximum Gasteiger partial charge on any atom is 0.410 e. The van der Waals surface area contributed by atoms with Gasteiger partial charge >= 0.3 is 6.09 Å². The molecule has 0 unspecified atom stereocenters. The summed E-state index contributed by atoms with van der Waals surface area (Å²) in [4.78, 5) is 28.9. The van der Waals surface area contributed by atoms with Crippen LogP contribution in [-0.2, 0) is 11.3 Å². The zero-order valence-electron chi connectivity index (χ0n) is 16.8. The second-order valence-electron chi connectivity index (χ2n) is 8.18. The SMILES string of the molecule is Cc1cc(C)cc(CN2CC3(CCN(C(=O)c4ccccc4Cl)CC3)OC2=O)c1. The van der Waals surface area contributed by atoms with Gasteiger partial charge in [-0.05, 0) is 31.5 Å². The van der Waals surface area contributed by atoms with Crippen LogP contribution >= 0.6 is 11.6 Å². The van der Waals surface area contributed by atoms with E-state index in [1.807, 2.05) is 12.1 Å². The molecule has 2 aliphatic heterocycles. The fourth-order valence-electron chi connectivity index (χ4n) is 4.38. The van der Waals surface area contributed by atoms with Gasteiger partial charge in [-0.2, -0.15) is 0 Å². The Bertz CT molecular complexity index is 931. The van der Waals surface area contributed by atoms with Crippen molar-refractivity contribution in [2.24, 2.45) is 0 Å². The van der Waals surface area contributed by atoms with Gasteiger partial charge in [0.05, 0.1) is 17.1 Å². The first kappa shape index (κ1) is 19.8. The van der Waals surface area contributed by atoms with E-state index in [4.69, 9.17) is 16.3 Å². The number of benzene rings is 2. The number of amides is 2. The number of hydrogen-bond acceptors (Lipinski definition) is 3. The number of ether oxygens (including phenoxy) is 1.